The van der Waals surface area contributed by atoms with Gasteiger partial charge in [-0.15, -0.1) is 0 Å². The van der Waals surface area contributed by atoms with E-state index in [0.717, 1.165) is 19.4 Å². The summed E-state index contributed by atoms with van der Waals surface area (Å²) in [7, 11) is 1.69. The van der Waals surface area contributed by atoms with Crippen LogP contribution in [0.25, 0.3) is 0 Å². The zero-order chi connectivity index (χ0) is 13.7. The van der Waals surface area contributed by atoms with Crippen LogP contribution in [0, 0.1) is 0 Å². The Morgan fingerprint density at radius 1 is 1.47 bits per heavy atom. The molecule has 1 fully saturated rings. The molecule has 4 nitrogen and oxygen atoms in total. The number of carboxylic acids is 1. The smallest absolute Gasteiger partial charge is 0.304 e. The first-order valence-corrected chi connectivity index (χ1v) is 6.73. The number of methoxy groups -OCH3 is 1. The van der Waals surface area contributed by atoms with Gasteiger partial charge in [0.2, 0.25) is 0 Å². The molecule has 2 unspecified atom stereocenters. The van der Waals surface area contributed by atoms with Crippen molar-refractivity contribution in [2.75, 3.05) is 20.3 Å². The number of ether oxygens (including phenoxy) is 1. The summed E-state index contributed by atoms with van der Waals surface area (Å²) >= 11 is 0. The van der Waals surface area contributed by atoms with E-state index in [2.05, 4.69) is 17.0 Å². The van der Waals surface area contributed by atoms with Gasteiger partial charge in [-0.25, -0.2) is 0 Å². The average Bonchev–Trinajstić information content (AvgIpc) is 2.84. The molecule has 2 atom stereocenters. The molecule has 0 radical (unpaired) electrons. The fourth-order valence-electron chi connectivity index (χ4n) is 2.91. The number of rotatable bonds is 6. The van der Waals surface area contributed by atoms with Crippen molar-refractivity contribution in [2.24, 2.45) is 0 Å². The van der Waals surface area contributed by atoms with E-state index >= 15 is 0 Å². The Morgan fingerprint density at radius 2 is 2.21 bits per heavy atom. The van der Waals surface area contributed by atoms with E-state index in [1.165, 1.54) is 5.56 Å². The van der Waals surface area contributed by atoms with Crippen LogP contribution in [0.1, 0.15) is 30.9 Å². The Balaban J connectivity index is 2.16. The van der Waals surface area contributed by atoms with Gasteiger partial charge in [0.15, 0.2) is 0 Å². The van der Waals surface area contributed by atoms with Gasteiger partial charge in [-0.1, -0.05) is 30.3 Å². The summed E-state index contributed by atoms with van der Waals surface area (Å²) in [6.07, 6.45) is 2.23. The fourth-order valence-corrected chi connectivity index (χ4v) is 2.91. The van der Waals surface area contributed by atoms with Crippen molar-refractivity contribution in [3.63, 3.8) is 0 Å². The van der Waals surface area contributed by atoms with Gasteiger partial charge in [-0.2, -0.15) is 0 Å². The van der Waals surface area contributed by atoms with Gasteiger partial charge in [-0.05, 0) is 24.9 Å². The molecule has 1 saturated heterocycles. The summed E-state index contributed by atoms with van der Waals surface area (Å²) in [5, 5.41) is 9.02. The highest BCUT2D eigenvalue weighted by atomic mass is 16.5. The van der Waals surface area contributed by atoms with E-state index in [4.69, 9.17) is 9.84 Å². The van der Waals surface area contributed by atoms with Gasteiger partial charge in [0, 0.05) is 13.2 Å². The summed E-state index contributed by atoms with van der Waals surface area (Å²) in [6, 6.07) is 10.5. The van der Waals surface area contributed by atoms with Crippen LogP contribution in [0.5, 0.6) is 0 Å². The lowest BCUT2D eigenvalue weighted by atomic mass is 10.0. The molecule has 0 aromatic heterocycles. The van der Waals surface area contributed by atoms with Crippen LogP contribution in [-0.2, 0) is 9.53 Å². The molecule has 0 amide bonds. The zero-order valence-corrected chi connectivity index (χ0v) is 11.3. The minimum absolute atomic E-state index is 0.123. The van der Waals surface area contributed by atoms with E-state index in [0.29, 0.717) is 6.61 Å². The zero-order valence-electron chi connectivity index (χ0n) is 11.3. The van der Waals surface area contributed by atoms with E-state index < -0.39 is 5.97 Å². The first-order chi connectivity index (χ1) is 9.22. The fraction of sp³-hybridized carbons (Fsp3) is 0.533. The Kier molecular flexibility index (Phi) is 4.93. The highest BCUT2D eigenvalue weighted by Crippen LogP contribution is 2.31. The van der Waals surface area contributed by atoms with Crippen molar-refractivity contribution in [3.8, 4) is 0 Å². The number of hydrogen-bond acceptors (Lipinski definition) is 3. The van der Waals surface area contributed by atoms with Crippen molar-refractivity contribution in [3.05, 3.63) is 35.9 Å². The van der Waals surface area contributed by atoms with Gasteiger partial charge in [0.1, 0.15) is 0 Å². The third-order valence-corrected chi connectivity index (χ3v) is 3.74. The molecule has 1 N–H and O–H groups in total. The standard InChI is InChI=1S/C15H21NO3/c1-19-11-14(12-6-3-2-4-7-12)16-9-5-8-13(16)10-15(17)18/h2-4,6-7,13-14H,5,8-11H2,1H3,(H,17,18). The predicted octanol–water partition coefficient (Wildman–Crippen LogP) is 2.31. The minimum atomic E-state index is -0.721. The second kappa shape index (κ2) is 6.68. The van der Waals surface area contributed by atoms with Crippen LogP contribution >= 0.6 is 0 Å². The lowest BCUT2D eigenvalue weighted by molar-refractivity contribution is -0.138. The molecular formula is C15H21NO3. The molecule has 2 rings (SSSR count). The lowest BCUT2D eigenvalue weighted by Gasteiger charge is -2.32. The highest BCUT2D eigenvalue weighted by Gasteiger charge is 2.32. The van der Waals surface area contributed by atoms with Crippen molar-refractivity contribution in [1.82, 2.24) is 4.90 Å². The van der Waals surface area contributed by atoms with Crippen LogP contribution in [0.2, 0.25) is 0 Å². The van der Waals surface area contributed by atoms with Gasteiger partial charge in [0.05, 0.1) is 19.1 Å². The lowest BCUT2D eigenvalue weighted by Crippen LogP contribution is -2.37. The van der Waals surface area contributed by atoms with Crippen LogP contribution in [0.3, 0.4) is 0 Å². The number of carbonyl (C=O) groups is 1. The van der Waals surface area contributed by atoms with Crippen molar-refractivity contribution < 1.29 is 14.6 Å². The maximum absolute atomic E-state index is 11.0. The van der Waals surface area contributed by atoms with Gasteiger partial charge < -0.3 is 9.84 Å². The molecule has 104 valence electrons. The first-order valence-electron chi connectivity index (χ1n) is 6.73. The Hall–Kier alpha value is -1.39. The molecule has 0 aliphatic carbocycles. The minimum Gasteiger partial charge on any atom is -0.481 e. The first kappa shape index (κ1) is 14.0. The summed E-state index contributed by atoms with van der Waals surface area (Å²) in [5.41, 5.74) is 1.20. The van der Waals surface area contributed by atoms with E-state index in [1.54, 1.807) is 7.11 Å². The van der Waals surface area contributed by atoms with Crippen LogP contribution in [0.15, 0.2) is 30.3 Å². The second-order valence-corrected chi connectivity index (χ2v) is 5.01. The van der Waals surface area contributed by atoms with E-state index in [1.807, 2.05) is 18.2 Å². The molecule has 0 saturated carbocycles. The molecule has 1 aliphatic heterocycles. The Bertz CT molecular complexity index is 407. The number of aliphatic carboxylic acids is 1. The molecule has 0 bridgehead atoms. The predicted molar refractivity (Wildman–Crippen MR) is 73.0 cm³/mol. The van der Waals surface area contributed by atoms with E-state index in [9.17, 15) is 4.79 Å². The van der Waals surface area contributed by atoms with Crippen LogP contribution in [-0.4, -0.2) is 42.3 Å². The number of carboxylic acid groups (broad SMARTS) is 1. The highest BCUT2D eigenvalue weighted by molar-refractivity contribution is 5.67. The quantitative estimate of drug-likeness (QED) is 0.855. The van der Waals surface area contributed by atoms with E-state index in [-0.39, 0.29) is 18.5 Å². The Morgan fingerprint density at radius 3 is 2.84 bits per heavy atom. The SMILES string of the molecule is COCC(c1ccccc1)N1CCCC1CC(=O)O. The molecule has 4 heteroatoms. The third kappa shape index (κ3) is 3.55. The summed E-state index contributed by atoms with van der Waals surface area (Å²) in [6.45, 7) is 1.54. The molecule has 19 heavy (non-hydrogen) atoms. The van der Waals surface area contributed by atoms with Gasteiger partial charge in [0.25, 0.3) is 0 Å². The number of hydrogen-bond donors (Lipinski definition) is 1. The van der Waals surface area contributed by atoms with Crippen molar-refractivity contribution in [2.45, 2.75) is 31.3 Å². The maximum Gasteiger partial charge on any atom is 0.304 e. The molecule has 0 spiro atoms. The molecule has 1 aromatic carbocycles. The summed E-state index contributed by atoms with van der Waals surface area (Å²) in [5.74, 6) is -0.721. The molecular weight excluding hydrogens is 242 g/mol. The monoisotopic (exact) mass is 263 g/mol. The normalized spacial score (nSPS) is 21.4. The van der Waals surface area contributed by atoms with Gasteiger partial charge in [-0.3, -0.25) is 9.69 Å². The van der Waals surface area contributed by atoms with Crippen LogP contribution in [0.4, 0.5) is 0 Å². The van der Waals surface area contributed by atoms with Crippen molar-refractivity contribution >= 4 is 5.97 Å². The Labute approximate surface area is 114 Å². The number of likely N-dealkylation sites (tertiary alicyclic amines) is 1. The number of nitrogens with zero attached hydrogens (tertiary/aromatic N) is 1. The third-order valence-electron chi connectivity index (χ3n) is 3.74. The largest absolute Gasteiger partial charge is 0.481 e. The molecule has 1 heterocycles. The van der Waals surface area contributed by atoms with Crippen molar-refractivity contribution in [1.29, 1.82) is 0 Å². The number of benzene rings is 1. The van der Waals surface area contributed by atoms with Gasteiger partial charge >= 0.3 is 5.97 Å². The summed E-state index contributed by atoms with van der Waals surface area (Å²) in [4.78, 5) is 13.2. The second-order valence-electron chi connectivity index (χ2n) is 5.01. The molecule has 1 aliphatic rings. The van der Waals surface area contributed by atoms with Crippen LogP contribution < -0.4 is 0 Å². The summed E-state index contributed by atoms with van der Waals surface area (Å²) < 4.78 is 5.34. The topological polar surface area (TPSA) is 49.8 Å². The molecule has 1 aromatic rings. The average molecular weight is 263 g/mol. The maximum atomic E-state index is 11.0.